The van der Waals surface area contributed by atoms with Crippen molar-refractivity contribution in [2.24, 2.45) is 0 Å². The fourth-order valence-electron chi connectivity index (χ4n) is 2.72. The van der Waals surface area contributed by atoms with E-state index in [1.54, 1.807) is 17.5 Å². The van der Waals surface area contributed by atoms with Crippen molar-refractivity contribution in [1.82, 2.24) is 9.21 Å². The first-order chi connectivity index (χ1) is 12.6. The third-order valence-electron chi connectivity index (χ3n) is 4.14. The van der Waals surface area contributed by atoms with Gasteiger partial charge in [-0.15, -0.1) is 11.3 Å². The Hall–Kier alpha value is -1.62. The summed E-state index contributed by atoms with van der Waals surface area (Å²) in [6, 6.07) is 5.95. The number of amides is 1. The molecule has 27 heavy (non-hydrogen) atoms. The SMILES string of the molecule is O=C(c1cccs1)N1CCN(S(=O)(=O)c2ccc(Cl)c(C(F)(F)F)c2)CC1. The van der Waals surface area contributed by atoms with Gasteiger partial charge in [0, 0.05) is 26.2 Å². The molecule has 2 aromatic rings. The Bertz CT molecular complexity index is 938. The average Bonchev–Trinajstić information content (AvgIpc) is 3.15. The molecule has 1 amide bonds. The zero-order valence-electron chi connectivity index (χ0n) is 13.7. The number of piperazine rings is 1. The topological polar surface area (TPSA) is 57.7 Å². The molecule has 3 rings (SSSR count). The first-order valence-corrected chi connectivity index (χ1v) is 10.5. The molecule has 1 aliphatic heterocycles. The third kappa shape index (κ3) is 4.13. The van der Waals surface area contributed by atoms with E-state index in [-0.39, 0.29) is 32.1 Å². The minimum Gasteiger partial charge on any atom is -0.335 e. The fraction of sp³-hybridized carbons (Fsp3) is 0.312. The first kappa shape index (κ1) is 20.1. The average molecular weight is 439 g/mol. The lowest BCUT2D eigenvalue weighted by Crippen LogP contribution is -2.50. The smallest absolute Gasteiger partial charge is 0.335 e. The highest BCUT2D eigenvalue weighted by Gasteiger charge is 2.36. The Morgan fingerprint density at radius 3 is 2.33 bits per heavy atom. The molecule has 5 nitrogen and oxygen atoms in total. The van der Waals surface area contributed by atoms with Crippen molar-refractivity contribution in [2.45, 2.75) is 11.1 Å². The van der Waals surface area contributed by atoms with Crippen LogP contribution in [0.5, 0.6) is 0 Å². The largest absolute Gasteiger partial charge is 0.417 e. The zero-order chi connectivity index (χ0) is 19.8. The van der Waals surface area contributed by atoms with E-state index in [1.165, 1.54) is 16.2 Å². The summed E-state index contributed by atoms with van der Waals surface area (Å²) >= 11 is 6.84. The zero-order valence-corrected chi connectivity index (χ0v) is 16.1. The van der Waals surface area contributed by atoms with Crippen LogP contribution in [0.2, 0.25) is 5.02 Å². The van der Waals surface area contributed by atoms with E-state index in [0.717, 1.165) is 16.4 Å². The van der Waals surface area contributed by atoms with Gasteiger partial charge in [-0.1, -0.05) is 17.7 Å². The Morgan fingerprint density at radius 2 is 1.78 bits per heavy atom. The number of sulfonamides is 1. The van der Waals surface area contributed by atoms with Crippen molar-refractivity contribution < 1.29 is 26.4 Å². The van der Waals surface area contributed by atoms with Gasteiger partial charge in [-0.2, -0.15) is 17.5 Å². The lowest BCUT2D eigenvalue weighted by atomic mass is 10.2. The number of nitrogens with zero attached hydrogens (tertiary/aromatic N) is 2. The van der Waals surface area contributed by atoms with Gasteiger partial charge in [-0.05, 0) is 29.6 Å². The molecule has 2 heterocycles. The molecule has 1 aromatic heterocycles. The van der Waals surface area contributed by atoms with Crippen LogP contribution >= 0.6 is 22.9 Å². The molecule has 0 saturated carbocycles. The summed E-state index contributed by atoms with van der Waals surface area (Å²) in [4.78, 5) is 13.9. The number of halogens is 4. The Morgan fingerprint density at radius 1 is 1.11 bits per heavy atom. The number of rotatable bonds is 3. The molecule has 1 fully saturated rings. The van der Waals surface area contributed by atoms with Gasteiger partial charge in [0.1, 0.15) is 0 Å². The predicted octanol–water partition coefficient (Wildman–Crippen LogP) is 3.57. The van der Waals surface area contributed by atoms with Crippen LogP contribution in [0, 0.1) is 0 Å². The maximum absolute atomic E-state index is 13.0. The van der Waals surface area contributed by atoms with Crippen molar-refractivity contribution in [3.05, 3.63) is 51.2 Å². The maximum atomic E-state index is 13.0. The Labute approximate surface area is 163 Å². The minimum absolute atomic E-state index is 0.00340. The standard InChI is InChI=1S/C16H14ClF3N2O3S2/c17-13-4-3-11(10-12(13)16(18,19)20)27(24,25)22-7-5-21(6-8-22)15(23)14-2-1-9-26-14/h1-4,9-10H,5-8H2. The van der Waals surface area contributed by atoms with E-state index < -0.39 is 31.7 Å². The fourth-order valence-corrected chi connectivity index (χ4v) is 5.08. The summed E-state index contributed by atoms with van der Waals surface area (Å²) in [5, 5.41) is 1.21. The van der Waals surface area contributed by atoms with Crippen molar-refractivity contribution in [2.75, 3.05) is 26.2 Å². The van der Waals surface area contributed by atoms with Crippen LogP contribution in [0.4, 0.5) is 13.2 Å². The molecule has 1 saturated heterocycles. The second kappa shape index (κ2) is 7.42. The van der Waals surface area contributed by atoms with E-state index in [4.69, 9.17) is 11.6 Å². The molecule has 1 aliphatic rings. The molecular weight excluding hydrogens is 425 g/mol. The number of carbonyl (C=O) groups excluding carboxylic acids is 1. The van der Waals surface area contributed by atoms with Crippen LogP contribution in [0.25, 0.3) is 0 Å². The minimum atomic E-state index is -4.76. The molecule has 1 aromatic carbocycles. The quantitative estimate of drug-likeness (QED) is 0.736. The number of carbonyl (C=O) groups is 1. The maximum Gasteiger partial charge on any atom is 0.417 e. The van der Waals surface area contributed by atoms with Crippen molar-refractivity contribution in [3.8, 4) is 0 Å². The normalized spacial score (nSPS) is 16.5. The molecular formula is C16H14ClF3N2O3S2. The number of hydrogen-bond donors (Lipinski definition) is 0. The molecule has 0 spiro atoms. The van der Waals surface area contributed by atoms with Gasteiger partial charge in [0.2, 0.25) is 10.0 Å². The lowest BCUT2D eigenvalue weighted by Gasteiger charge is -2.33. The monoisotopic (exact) mass is 438 g/mol. The molecule has 0 radical (unpaired) electrons. The van der Waals surface area contributed by atoms with Crippen molar-refractivity contribution in [3.63, 3.8) is 0 Å². The van der Waals surface area contributed by atoms with Crippen LogP contribution < -0.4 is 0 Å². The molecule has 0 aliphatic carbocycles. The summed E-state index contributed by atoms with van der Waals surface area (Å²) in [6.45, 7) is 0.332. The summed E-state index contributed by atoms with van der Waals surface area (Å²) in [5.41, 5.74) is -1.20. The second-order valence-electron chi connectivity index (χ2n) is 5.81. The van der Waals surface area contributed by atoms with Gasteiger partial charge < -0.3 is 4.90 Å². The van der Waals surface area contributed by atoms with Crippen LogP contribution in [-0.4, -0.2) is 49.7 Å². The molecule has 0 unspecified atom stereocenters. The van der Waals surface area contributed by atoms with Crippen LogP contribution in [0.15, 0.2) is 40.6 Å². The highest BCUT2D eigenvalue weighted by molar-refractivity contribution is 7.89. The summed E-state index contributed by atoms with van der Waals surface area (Å²) in [5.74, 6) is -0.187. The van der Waals surface area contributed by atoms with Crippen molar-refractivity contribution >= 4 is 38.9 Å². The van der Waals surface area contributed by atoms with Crippen molar-refractivity contribution in [1.29, 1.82) is 0 Å². The highest BCUT2D eigenvalue weighted by atomic mass is 35.5. The van der Waals surface area contributed by atoms with Crippen LogP contribution in [0.1, 0.15) is 15.2 Å². The van der Waals surface area contributed by atoms with Gasteiger partial charge in [-0.3, -0.25) is 4.79 Å². The summed E-state index contributed by atoms with van der Waals surface area (Å²) < 4.78 is 65.5. The Balaban J connectivity index is 1.77. The highest BCUT2D eigenvalue weighted by Crippen LogP contribution is 2.36. The summed E-state index contributed by atoms with van der Waals surface area (Å²) in [6.07, 6.45) is -4.76. The van der Waals surface area contributed by atoms with E-state index in [2.05, 4.69) is 0 Å². The molecule has 0 bridgehead atoms. The predicted molar refractivity (Wildman–Crippen MR) is 95.4 cm³/mol. The summed E-state index contributed by atoms with van der Waals surface area (Å²) in [7, 11) is -4.13. The molecule has 0 N–H and O–H groups in total. The molecule has 11 heteroatoms. The van der Waals surface area contributed by atoms with Gasteiger partial charge in [-0.25, -0.2) is 8.42 Å². The van der Waals surface area contributed by atoms with E-state index in [0.29, 0.717) is 10.9 Å². The second-order valence-corrected chi connectivity index (χ2v) is 9.11. The Kier molecular flexibility index (Phi) is 5.53. The number of benzene rings is 1. The van der Waals surface area contributed by atoms with E-state index in [1.807, 2.05) is 0 Å². The van der Waals surface area contributed by atoms with Gasteiger partial charge in [0.25, 0.3) is 5.91 Å². The third-order valence-corrected chi connectivity index (χ3v) is 7.22. The molecule has 0 atom stereocenters. The number of thiophene rings is 1. The van der Waals surface area contributed by atoms with Gasteiger partial charge in [0.15, 0.2) is 0 Å². The van der Waals surface area contributed by atoms with Crippen LogP contribution in [-0.2, 0) is 16.2 Å². The van der Waals surface area contributed by atoms with E-state index in [9.17, 15) is 26.4 Å². The number of alkyl halides is 3. The van der Waals surface area contributed by atoms with Gasteiger partial charge in [0.05, 0.1) is 20.4 Å². The lowest BCUT2D eigenvalue weighted by molar-refractivity contribution is -0.137. The van der Waals surface area contributed by atoms with E-state index >= 15 is 0 Å². The van der Waals surface area contributed by atoms with Gasteiger partial charge >= 0.3 is 6.18 Å². The first-order valence-electron chi connectivity index (χ1n) is 7.80. The van der Waals surface area contributed by atoms with Crippen LogP contribution in [0.3, 0.4) is 0 Å². The molecule has 146 valence electrons. The number of hydrogen-bond acceptors (Lipinski definition) is 4.